The van der Waals surface area contributed by atoms with Crippen molar-refractivity contribution in [2.24, 2.45) is 5.84 Å². The van der Waals surface area contributed by atoms with Gasteiger partial charge in [0.05, 0.1) is 6.04 Å². The summed E-state index contributed by atoms with van der Waals surface area (Å²) in [5.41, 5.74) is 11.5. The number of nitrogens with one attached hydrogen (secondary N) is 1. The van der Waals surface area contributed by atoms with E-state index in [4.69, 9.17) is 11.6 Å². The Morgan fingerprint density at radius 1 is 1.28 bits per heavy atom. The number of aromatic nitrogens is 1. The molecule has 0 radical (unpaired) electrons. The lowest BCUT2D eigenvalue weighted by Crippen LogP contribution is -2.30. The van der Waals surface area contributed by atoms with Gasteiger partial charge in [0.15, 0.2) is 0 Å². The molecule has 2 rings (SSSR count). The zero-order valence-corrected chi connectivity index (χ0v) is 10.0. The second kappa shape index (κ2) is 5.12. The first-order valence-electron chi connectivity index (χ1n) is 5.55. The summed E-state index contributed by atoms with van der Waals surface area (Å²) in [5, 5.41) is 0. The number of rotatable bonds is 3. The van der Waals surface area contributed by atoms with Crippen LogP contribution in [0.1, 0.15) is 22.7 Å². The molecule has 0 spiro atoms. The van der Waals surface area contributed by atoms with Crippen LogP contribution in [-0.4, -0.2) is 4.98 Å². The first-order valence-corrected chi connectivity index (χ1v) is 5.55. The number of hydrogen-bond acceptors (Lipinski definition) is 4. The molecular formula is C13H15FN4. The van der Waals surface area contributed by atoms with E-state index in [9.17, 15) is 4.39 Å². The third-order valence-corrected chi connectivity index (χ3v) is 2.92. The second-order valence-electron chi connectivity index (χ2n) is 4.11. The fourth-order valence-corrected chi connectivity index (χ4v) is 1.92. The largest absolute Gasteiger partial charge is 0.398 e. The van der Waals surface area contributed by atoms with Crippen LogP contribution < -0.4 is 17.0 Å². The molecule has 1 unspecified atom stereocenters. The summed E-state index contributed by atoms with van der Waals surface area (Å²) in [6.45, 7) is 1.94. The molecule has 0 aliphatic rings. The van der Waals surface area contributed by atoms with Crippen molar-refractivity contribution in [2.75, 3.05) is 5.73 Å². The highest BCUT2D eigenvalue weighted by atomic mass is 19.1. The van der Waals surface area contributed by atoms with Crippen molar-refractivity contribution in [3.05, 3.63) is 59.2 Å². The molecule has 0 saturated heterocycles. The summed E-state index contributed by atoms with van der Waals surface area (Å²) in [7, 11) is 0. The van der Waals surface area contributed by atoms with Gasteiger partial charge in [-0.2, -0.15) is 0 Å². The molecule has 0 bridgehead atoms. The van der Waals surface area contributed by atoms with Crippen LogP contribution in [0.5, 0.6) is 0 Å². The quantitative estimate of drug-likeness (QED) is 0.437. The highest BCUT2D eigenvalue weighted by molar-refractivity contribution is 5.52. The number of halogens is 1. The lowest BCUT2D eigenvalue weighted by atomic mass is 9.96. The third kappa shape index (κ3) is 2.32. The first kappa shape index (κ1) is 12.5. The van der Waals surface area contributed by atoms with E-state index in [-0.39, 0.29) is 11.9 Å². The molecule has 0 saturated carbocycles. The minimum atomic E-state index is -0.380. The third-order valence-electron chi connectivity index (χ3n) is 2.92. The number of nitrogens with two attached hydrogens (primary N) is 2. The van der Waals surface area contributed by atoms with E-state index in [1.54, 1.807) is 12.4 Å². The molecular weight excluding hydrogens is 231 g/mol. The Labute approximate surface area is 105 Å². The normalized spacial score (nSPS) is 12.4. The lowest BCUT2D eigenvalue weighted by molar-refractivity contribution is 0.604. The minimum absolute atomic E-state index is 0.346. The molecule has 18 heavy (non-hydrogen) atoms. The van der Waals surface area contributed by atoms with Gasteiger partial charge in [-0.25, -0.2) is 9.82 Å². The van der Waals surface area contributed by atoms with Gasteiger partial charge in [0.25, 0.3) is 0 Å². The number of anilines is 1. The van der Waals surface area contributed by atoms with Crippen LogP contribution in [0.3, 0.4) is 0 Å². The van der Waals surface area contributed by atoms with Gasteiger partial charge in [-0.05, 0) is 42.3 Å². The summed E-state index contributed by atoms with van der Waals surface area (Å²) in [6, 6.07) is 5.72. The molecule has 5 N–H and O–H groups in total. The highest BCUT2D eigenvalue weighted by Crippen LogP contribution is 2.28. The average Bonchev–Trinajstić information content (AvgIpc) is 2.36. The van der Waals surface area contributed by atoms with Crippen molar-refractivity contribution >= 4 is 5.69 Å². The number of aryl methyl sites for hydroxylation is 1. The smallest absolute Gasteiger partial charge is 0.123 e. The number of benzene rings is 1. The Balaban J connectivity index is 2.52. The monoisotopic (exact) mass is 246 g/mol. The van der Waals surface area contributed by atoms with Crippen molar-refractivity contribution < 1.29 is 4.39 Å². The molecule has 4 nitrogen and oxygen atoms in total. The predicted octanol–water partition coefficient (Wildman–Crippen LogP) is 1.66. The molecule has 0 fully saturated rings. The van der Waals surface area contributed by atoms with Crippen LogP contribution in [0.4, 0.5) is 10.1 Å². The van der Waals surface area contributed by atoms with Crippen molar-refractivity contribution in [1.29, 1.82) is 0 Å². The number of hydrogen-bond donors (Lipinski definition) is 3. The number of pyridine rings is 1. The van der Waals surface area contributed by atoms with Crippen molar-refractivity contribution in [3.8, 4) is 0 Å². The maximum atomic E-state index is 13.3. The fourth-order valence-electron chi connectivity index (χ4n) is 1.92. The van der Waals surface area contributed by atoms with Crippen LogP contribution in [0, 0.1) is 12.7 Å². The van der Waals surface area contributed by atoms with Crippen molar-refractivity contribution in [3.63, 3.8) is 0 Å². The topological polar surface area (TPSA) is 77.0 Å². The van der Waals surface area contributed by atoms with Gasteiger partial charge in [-0.3, -0.25) is 10.8 Å². The van der Waals surface area contributed by atoms with Crippen LogP contribution in [0.2, 0.25) is 0 Å². The maximum Gasteiger partial charge on any atom is 0.123 e. The molecule has 1 aromatic heterocycles. The van der Waals surface area contributed by atoms with Gasteiger partial charge in [0.1, 0.15) is 5.82 Å². The summed E-state index contributed by atoms with van der Waals surface area (Å²) in [6.07, 6.45) is 3.39. The number of nitrogen functional groups attached to an aromatic ring is 1. The molecule has 1 heterocycles. The summed E-state index contributed by atoms with van der Waals surface area (Å²) in [5.74, 6) is 5.22. The Morgan fingerprint density at radius 2 is 2.06 bits per heavy atom. The van der Waals surface area contributed by atoms with Gasteiger partial charge < -0.3 is 5.73 Å². The molecule has 1 aromatic carbocycles. The Hall–Kier alpha value is -1.98. The van der Waals surface area contributed by atoms with E-state index >= 15 is 0 Å². The van der Waals surface area contributed by atoms with Crippen LogP contribution >= 0.6 is 0 Å². The van der Waals surface area contributed by atoms with E-state index in [0.717, 1.165) is 11.1 Å². The van der Waals surface area contributed by atoms with Crippen molar-refractivity contribution in [2.45, 2.75) is 13.0 Å². The number of hydrazine groups is 1. The zero-order chi connectivity index (χ0) is 13.1. The predicted molar refractivity (Wildman–Crippen MR) is 69.0 cm³/mol. The van der Waals surface area contributed by atoms with E-state index < -0.39 is 0 Å². The standard InChI is InChI=1S/C13H15FN4/c1-8-4-5-17-7-11(8)13(18-16)10-6-9(14)2-3-12(10)15/h2-7,13,18H,15-16H2,1H3. The molecule has 2 aromatic rings. The summed E-state index contributed by atoms with van der Waals surface area (Å²) < 4.78 is 13.3. The summed E-state index contributed by atoms with van der Waals surface area (Å²) >= 11 is 0. The Morgan fingerprint density at radius 3 is 2.72 bits per heavy atom. The van der Waals surface area contributed by atoms with Gasteiger partial charge >= 0.3 is 0 Å². The van der Waals surface area contributed by atoms with Gasteiger partial charge in [0, 0.05) is 23.6 Å². The molecule has 5 heteroatoms. The van der Waals surface area contributed by atoms with Crippen LogP contribution in [0.25, 0.3) is 0 Å². The maximum absolute atomic E-state index is 13.3. The summed E-state index contributed by atoms with van der Waals surface area (Å²) in [4.78, 5) is 4.06. The minimum Gasteiger partial charge on any atom is -0.398 e. The fraction of sp³-hybridized carbons (Fsp3) is 0.154. The van der Waals surface area contributed by atoms with Crippen LogP contribution in [0.15, 0.2) is 36.7 Å². The molecule has 0 amide bonds. The van der Waals surface area contributed by atoms with Crippen LogP contribution in [-0.2, 0) is 0 Å². The van der Waals surface area contributed by atoms with E-state index in [1.165, 1.54) is 18.2 Å². The van der Waals surface area contributed by atoms with E-state index in [0.29, 0.717) is 11.3 Å². The highest BCUT2D eigenvalue weighted by Gasteiger charge is 2.17. The van der Waals surface area contributed by atoms with Crippen molar-refractivity contribution in [1.82, 2.24) is 10.4 Å². The zero-order valence-electron chi connectivity index (χ0n) is 10.0. The Bertz CT molecular complexity index is 556. The SMILES string of the molecule is Cc1ccncc1C(NN)c1cc(F)ccc1N. The van der Waals surface area contributed by atoms with Gasteiger partial charge in [-0.1, -0.05) is 0 Å². The first-order chi connectivity index (χ1) is 8.63. The molecule has 94 valence electrons. The Kier molecular flexibility index (Phi) is 3.55. The second-order valence-corrected chi connectivity index (χ2v) is 4.11. The van der Waals surface area contributed by atoms with Gasteiger partial charge in [0.2, 0.25) is 0 Å². The molecule has 0 aliphatic carbocycles. The van der Waals surface area contributed by atoms with E-state index in [1.807, 2.05) is 13.0 Å². The van der Waals surface area contributed by atoms with Gasteiger partial charge in [-0.15, -0.1) is 0 Å². The lowest BCUT2D eigenvalue weighted by Gasteiger charge is -2.20. The average molecular weight is 246 g/mol. The molecule has 1 atom stereocenters. The number of nitrogens with zero attached hydrogens (tertiary/aromatic N) is 1. The molecule has 0 aliphatic heterocycles. The van der Waals surface area contributed by atoms with E-state index in [2.05, 4.69) is 10.4 Å².